The van der Waals surface area contributed by atoms with Gasteiger partial charge in [-0.05, 0) is 31.3 Å². The molecule has 7 nitrogen and oxygen atoms in total. The molecule has 1 aliphatic rings. The molecule has 0 aliphatic carbocycles. The van der Waals surface area contributed by atoms with Gasteiger partial charge in [0.15, 0.2) is 16.6 Å². The quantitative estimate of drug-likeness (QED) is 0.584. The fourth-order valence-electron chi connectivity index (χ4n) is 2.82. The van der Waals surface area contributed by atoms with E-state index in [0.717, 1.165) is 0 Å². The second-order valence-electron chi connectivity index (χ2n) is 5.25. The van der Waals surface area contributed by atoms with E-state index in [-0.39, 0.29) is 6.61 Å². The van der Waals surface area contributed by atoms with Crippen molar-refractivity contribution in [3.8, 4) is 17.2 Å². The summed E-state index contributed by atoms with van der Waals surface area (Å²) in [6, 6.07) is 3.02. The van der Waals surface area contributed by atoms with E-state index < -0.39 is 17.9 Å². The van der Waals surface area contributed by atoms with Gasteiger partial charge in [0.05, 0.1) is 34.0 Å². The molecule has 1 heterocycles. The number of thiocarbonyl (C=S) groups is 1. The number of carbonyl (C=O) groups excluding carboxylic acids is 1. The van der Waals surface area contributed by atoms with Crippen LogP contribution in [0.25, 0.3) is 0 Å². The zero-order valence-electron chi connectivity index (χ0n) is 14.7. The second-order valence-corrected chi connectivity index (χ2v) is 5.66. The molecule has 1 fully saturated rings. The second kappa shape index (κ2) is 8.06. The van der Waals surface area contributed by atoms with Gasteiger partial charge in [0.25, 0.3) is 0 Å². The van der Waals surface area contributed by atoms with E-state index in [4.69, 9.17) is 31.2 Å². The molecule has 2 atom stereocenters. The number of hydrogen-bond acceptors (Lipinski definition) is 6. The molecular weight excluding hydrogens is 344 g/mol. The van der Waals surface area contributed by atoms with Crippen LogP contribution in [-0.4, -0.2) is 39.0 Å². The monoisotopic (exact) mass is 366 g/mol. The van der Waals surface area contributed by atoms with Crippen LogP contribution in [0.15, 0.2) is 24.4 Å². The van der Waals surface area contributed by atoms with E-state index in [9.17, 15) is 4.79 Å². The van der Waals surface area contributed by atoms with Gasteiger partial charge in [-0.3, -0.25) is 4.79 Å². The van der Waals surface area contributed by atoms with Crippen molar-refractivity contribution in [2.75, 3.05) is 27.9 Å². The maximum atomic E-state index is 12.5. The van der Waals surface area contributed by atoms with E-state index in [0.29, 0.717) is 33.6 Å². The number of hydrogen-bond donors (Lipinski definition) is 2. The summed E-state index contributed by atoms with van der Waals surface area (Å²) >= 11 is 5.22. The van der Waals surface area contributed by atoms with Crippen LogP contribution in [-0.2, 0) is 9.53 Å². The van der Waals surface area contributed by atoms with Crippen LogP contribution >= 0.6 is 12.2 Å². The van der Waals surface area contributed by atoms with E-state index in [1.807, 2.05) is 0 Å². The fourth-order valence-corrected chi connectivity index (χ4v) is 3.08. The van der Waals surface area contributed by atoms with Crippen LogP contribution in [0, 0.1) is 5.92 Å². The van der Waals surface area contributed by atoms with Crippen molar-refractivity contribution in [3.05, 3.63) is 30.0 Å². The van der Waals surface area contributed by atoms with Crippen molar-refractivity contribution >= 4 is 23.3 Å². The van der Waals surface area contributed by atoms with Crippen molar-refractivity contribution in [1.82, 2.24) is 10.6 Å². The lowest BCUT2D eigenvalue weighted by atomic mass is 9.88. The van der Waals surface area contributed by atoms with Crippen LogP contribution < -0.4 is 24.8 Å². The molecule has 25 heavy (non-hydrogen) atoms. The molecule has 0 aromatic heterocycles. The maximum absolute atomic E-state index is 12.5. The number of rotatable bonds is 6. The maximum Gasteiger partial charge on any atom is 0.317 e. The minimum Gasteiger partial charge on any atom is -0.493 e. The van der Waals surface area contributed by atoms with Gasteiger partial charge in [0.1, 0.15) is 5.92 Å². The topological polar surface area (TPSA) is 78.0 Å². The Kier molecular flexibility index (Phi) is 6.08. The number of methoxy groups -OCH3 is 3. The zero-order chi connectivity index (χ0) is 18.6. The van der Waals surface area contributed by atoms with Crippen LogP contribution in [0.5, 0.6) is 17.2 Å². The molecule has 0 amide bonds. The van der Waals surface area contributed by atoms with Crippen LogP contribution in [0.4, 0.5) is 0 Å². The number of esters is 1. The Balaban J connectivity index is 2.57. The lowest BCUT2D eigenvalue weighted by Gasteiger charge is -2.35. The summed E-state index contributed by atoms with van der Waals surface area (Å²) in [5.74, 6) is 0.315. The summed E-state index contributed by atoms with van der Waals surface area (Å²) in [4.78, 5) is 12.5. The number of nitrogens with one attached hydrogen (secondary N) is 2. The highest BCUT2D eigenvalue weighted by atomic mass is 32.1. The molecule has 0 bridgehead atoms. The third kappa shape index (κ3) is 3.63. The molecule has 136 valence electrons. The Labute approximate surface area is 152 Å². The van der Waals surface area contributed by atoms with Crippen LogP contribution in [0.3, 0.4) is 0 Å². The lowest BCUT2D eigenvalue weighted by molar-refractivity contribution is -0.147. The Morgan fingerprint density at radius 1 is 1.20 bits per heavy atom. The van der Waals surface area contributed by atoms with E-state index >= 15 is 0 Å². The molecule has 2 rings (SSSR count). The SMILES string of the molecule is C=C1NC(=S)N[C@@H](c2ccc(OC)c(OC)c2OC)[C@@H]1C(=O)OCC. The van der Waals surface area contributed by atoms with Crippen molar-refractivity contribution in [3.63, 3.8) is 0 Å². The van der Waals surface area contributed by atoms with Gasteiger partial charge < -0.3 is 29.6 Å². The molecule has 1 saturated heterocycles. The van der Waals surface area contributed by atoms with Gasteiger partial charge in [0, 0.05) is 11.3 Å². The highest BCUT2D eigenvalue weighted by Gasteiger charge is 2.40. The number of carbonyl (C=O) groups is 1. The molecule has 1 aromatic carbocycles. The normalized spacial score (nSPS) is 19.5. The molecule has 0 spiro atoms. The summed E-state index contributed by atoms with van der Waals surface area (Å²) in [5.41, 5.74) is 1.15. The number of benzene rings is 1. The van der Waals surface area contributed by atoms with Gasteiger partial charge in [-0.25, -0.2) is 0 Å². The summed E-state index contributed by atoms with van der Waals surface area (Å²) in [5, 5.41) is 6.35. The van der Waals surface area contributed by atoms with E-state index in [2.05, 4.69) is 17.2 Å². The highest BCUT2D eigenvalue weighted by Crippen LogP contribution is 2.45. The van der Waals surface area contributed by atoms with Crippen molar-refractivity contribution in [1.29, 1.82) is 0 Å². The first-order valence-electron chi connectivity index (χ1n) is 7.70. The van der Waals surface area contributed by atoms with Crippen molar-refractivity contribution in [2.24, 2.45) is 5.92 Å². The summed E-state index contributed by atoms with van der Waals surface area (Å²) in [6.45, 7) is 5.94. The first-order chi connectivity index (χ1) is 12.0. The first kappa shape index (κ1) is 18.9. The average molecular weight is 366 g/mol. The van der Waals surface area contributed by atoms with Crippen molar-refractivity contribution < 1.29 is 23.7 Å². The molecule has 1 aromatic rings. The standard InChI is InChI=1S/C17H22N2O5S/c1-6-24-16(20)12-9(2)18-17(25)19-13(12)10-7-8-11(21-3)15(23-5)14(10)22-4/h7-8,12-13H,2,6H2,1,3-5H3,(H2,18,19,25)/t12-,13+/m1/s1. The predicted molar refractivity (Wildman–Crippen MR) is 97.0 cm³/mol. The summed E-state index contributed by atoms with van der Waals surface area (Å²) in [6.07, 6.45) is 0. The van der Waals surface area contributed by atoms with Crippen LogP contribution in [0.2, 0.25) is 0 Å². The number of ether oxygens (including phenoxy) is 4. The van der Waals surface area contributed by atoms with Gasteiger partial charge in [-0.1, -0.05) is 6.58 Å². The van der Waals surface area contributed by atoms with E-state index in [1.165, 1.54) is 21.3 Å². The average Bonchev–Trinajstić information content (AvgIpc) is 2.59. The Morgan fingerprint density at radius 3 is 2.44 bits per heavy atom. The smallest absolute Gasteiger partial charge is 0.317 e. The largest absolute Gasteiger partial charge is 0.493 e. The molecular formula is C17H22N2O5S. The van der Waals surface area contributed by atoms with Gasteiger partial charge >= 0.3 is 5.97 Å². The Morgan fingerprint density at radius 2 is 1.88 bits per heavy atom. The molecule has 8 heteroatoms. The van der Waals surface area contributed by atoms with Gasteiger partial charge in [-0.2, -0.15) is 0 Å². The minimum atomic E-state index is -0.682. The predicted octanol–water partition coefficient (Wildman–Crippen LogP) is 1.92. The van der Waals surface area contributed by atoms with Gasteiger partial charge in [0.2, 0.25) is 5.75 Å². The molecule has 0 radical (unpaired) electrons. The van der Waals surface area contributed by atoms with Crippen LogP contribution in [0.1, 0.15) is 18.5 Å². The van der Waals surface area contributed by atoms with Gasteiger partial charge in [-0.15, -0.1) is 0 Å². The van der Waals surface area contributed by atoms with Crippen molar-refractivity contribution in [2.45, 2.75) is 13.0 Å². The Hall–Kier alpha value is -2.48. The molecule has 0 unspecified atom stereocenters. The third-order valence-corrected chi connectivity index (χ3v) is 4.10. The summed E-state index contributed by atoms with van der Waals surface area (Å²) in [7, 11) is 4.58. The first-order valence-corrected chi connectivity index (χ1v) is 8.11. The lowest BCUT2D eigenvalue weighted by Crippen LogP contribution is -2.51. The Bertz CT molecular complexity index is 692. The molecule has 2 N–H and O–H groups in total. The zero-order valence-corrected chi connectivity index (χ0v) is 15.5. The summed E-state index contributed by atoms with van der Waals surface area (Å²) < 4.78 is 21.5. The highest BCUT2D eigenvalue weighted by molar-refractivity contribution is 7.80. The van der Waals surface area contributed by atoms with E-state index in [1.54, 1.807) is 19.1 Å². The third-order valence-electron chi connectivity index (χ3n) is 3.88. The molecule has 0 saturated carbocycles. The molecule has 1 aliphatic heterocycles. The fraction of sp³-hybridized carbons (Fsp3) is 0.412. The minimum absolute atomic E-state index is 0.267.